The van der Waals surface area contributed by atoms with Crippen molar-refractivity contribution >= 4 is 34.2 Å². The molecule has 2 rings (SSSR count). The van der Waals surface area contributed by atoms with Gasteiger partial charge in [-0.25, -0.2) is 0 Å². The Morgan fingerprint density at radius 2 is 2.29 bits per heavy atom. The number of carbonyl (C=O) groups is 1. The highest BCUT2D eigenvalue weighted by molar-refractivity contribution is 9.10. The quantitative estimate of drug-likeness (QED) is 0.861. The van der Waals surface area contributed by atoms with Gasteiger partial charge in [-0.05, 0) is 25.1 Å². The number of nitrogens with one attached hydrogen (secondary N) is 1. The molecule has 1 atom stereocenters. The molecule has 0 spiro atoms. The van der Waals surface area contributed by atoms with E-state index in [2.05, 4.69) is 28.2 Å². The number of hydrogen-bond donors (Lipinski definition) is 1. The van der Waals surface area contributed by atoms with Gasteiger partial charge in [0.1, 0.15) is 0 Å². The molecule has 1 aromatic rings. The number of benzene rings is 1. The molecule has 1 fully saturated rings. The van der Waals surface area contributed by atoms with E-state index in [0.717, 1.165) is 29.7 Å². The first kappa shape index (κ1) is 14.5. The molecule has 1 amide bonds. The summed E-state index contributed by atoms with van der Waals surface area (Å²) in [6.45, 7) is 4.54. The Hall–Kier alpha value is -0.580. The number of carbonyl (C=O) groups excluding carboxylic acids is 1. The lowest BCUT2D eigenvalue weighted by molar-refractivity contribution is 0.0709. The summed E-state index contributed by atoms with van der Waals surface area (Å²) in [6, 6.07) is 7.93. The first-order valence-electron chi connectivity index (χ1n) is 5.45. The molecule has 1 saturated heterocycles. The van der Waals surface area contributed by atoms with Crippen LogP contribution in [0.3, 0.4) is 0 Å². The van der Waals surface area contributed by atoms with E-state index in [0.29, 0.717) is 6.04 Å². The van der Waals surface area contributed by atoms with Gasteiger partial charge in [-0.15, -0.1) is 12.4 Å². The van der Waals surface area contributed by atoms with Gasteiger partial charge in [0.05, 0.1) is 0 Å². The summed E-state index contributed by atoms with van der Waals surface area (Å²) in [5.74, 6) is 0.120. The van der Waals surface area contributed by atoms with Crippen molar-refractivity contribution in [3.05, 3.63) is 34.3 Å². The zero-order chi connectivity index (χ0) is 11.5. The Morgan fingerprint density at radius 3 is 2.94 bits per heavy atom. The maximum Gasteiger partial charge on any atom is 0.253 e. The normalized spacial score (nSPS) is 19.6. The van der Waals surface area contributed by atoms with Crippen molar-refractivity contribution in [1.82, 2.24) is 10.2 Å². The molecule has 0 aromatic heterocycles. The van der Waals surface area contributed by atoms with Crippen LogP contribution in [0.15, 0.2) is 28.7 Å². The van der Waals surface area contributed by atoms with E-state index in [9.17, 15) is 4.79 Å². The Labute approximate surface area is 116 Å². The van der Waals surface area contributed by atoms with E-state index in [1.807, 2.05) is 29.2 Å². The summed E-state index contributed by atoms with van der Waals surface area (Å²) in [5.41, 5.74) is 0.753. The van der Waals surface area contributed by atoms with Crippen molar-refractivity contribution in [2.45, 2.75) is 13.0 Å². The van der Waals surface area contributed by atoms with Crippen LogP contribution in [0, 0.1) is 0 Å². The largest absolute Gasteiger partial charge is 0.336 e. The Bertz CT molecular complexity index is 400. The molecule has 94 valence electrons. The Balaban J connectivity index is 0.00000144. The van der Waals surface area contributed by atoms with E-state index >= 15 is 0 Å². The molecule has 0 unspecified atom stereocenters. The highest BCUT2D eigenvalue weighted by Gasteiger charge is 2.21. The fourth-order valence-corrected chi connectivity index (χ4v) is 2.32. The predicted octanol–water partition coefficient (Wildman–Crippen LogP) is 2.30. The Kier molecular flexibility index (Phi) is 5.43. The number of rotatable bonds is 1. The van der Waals surface area contributed by atoms with Gasteiger partial charge in [0, 0.05) is 35.7 Å². The van der Waals surface area contributed by atoms with Gasteiger partial charge >= 0.3 is 0 Å². The maximum absolute atomic E-state index is 12.2. The molecule has 1 aromatic carbocycles. The number of amides is 1. The summed E-state index contributed by atoms with van der Waals surface area (Å²) in [4.78, 5) is 14.1. The predicted molar refractivity (Wildman–Crippen MR) is 74.8 cm³/mol. The van der Waals surface area contributed by atoms with Crippen molar-refractivity contribution in [2.24, 2.45) is 0 Å². The first-order valence-corrected chi connectivity index (χ1v) is 6.24. The van der Waals surface area contributed by atoms with Crippen LogP contribution in [-0.2, 0) is 0 Å². The van der Waals surface area contributed by atoms with Crippen molar-refractivity contribution in [3.63, 3.8) is 0 Å². The van der Waals surface area contributed by atoms with Crippen LogP contribution in [0.4, 0.5) is 0 Å². The second-order valence-corrected chi connectivity index (χ2v) is 5.03. The van der Waals surface area contributed by atoms with Crippen LogP contribution in [0.25, 0.3) is 0 Å². The summed E-state index contributed by atoms with van der Waals surface area (Å²) in [6.07, 6.45) is 0. The number of nitrogens with zero attached hydrogens (tertiary/aromatic N) is 1. The molecule has 1 heterocycles. The fraction of sp³-hybridized carbons (Fsp3) is 0.417. The van der Waals surface area contributed by atoms with E-state index < -0.39 is 0 Å². The monoisotopic (exact) mass is 318 g/mol. The molecule has 3 nitrogen and oxygen atoms in total. The summed E-state index contributed by atoms with van der Waals surface area (Å²) in [5, 5.41) is 3.33. The zero-order valence-corrected chi connectivity index (χ0v) is 12.1. The SMILES string of the molecule is C[C@@H]1CN(C(=O)c2cccc(Br)c2)CCN1.Cl. The lowest BCUT2D eigenvalue weighted by atomic mass is 10.1. The fourth-order valence-electron chi connectivity index (χ4n) is 1.92. The van der Waals surface area contributed by atoms with Crippen LogP contribution in [0.5, 0.6) is 0 Å². The van der Waals surface area contributed by atoms with E-state index in [1.165, 1.54) is 0 Å². The van der Waals surface area contributed by atoms with Gasteiger partial charge < -0.3 is 10.2 Å². The molecule has 5 heteroatoms. The van der Waals surface area contributed by atoms with Gasteiger partial charge in [-0.2, -0.15) is 0 Å². The van der Waals surface area contributed by atoms with E-state index in [4.69, 9.17) is 0 Å². The van der Waals surface area contributed by atoms with E-state index in [-0.39, 0.29) is 18.3 Å². The summed E-state index contributed by atoms with van der Waals surface area (Å²) in [7, 11) is 0. The van der Waals surface area contributed by atoms with Crippen molar-refractivity contribution < 1.29 is 4.79 Å². The second-order valence-electron chi connectivity index (χ2n) is 4.12. The molecular formula is C12H16BrClN2O. The molecule has 17 heavy (non-hydrogen) atoms. The lowest BCUT2D eigenvalue weighted by Gasteiger charge is -2.32. The summed E-state index contributed by atoms with van der Waals surface area (Å²) >= 11 is 3.38. The van der Waals surface area contributed by atoms with Gasteiger partial charge in [0.25, 0.3) is 5.91 Å². The average molecular weight is 320 g/mol. The second kappa shape index (κ2) is 6.38. The highest BCUT2D eigenvalue weighted by atomic mass is 79.9. The van der Waals surface area contributed by atoms with Crippen molar-refractivity contribution in [2.75, 3.05) is 19.6 Å². The zero-order valence-electron chi connectivity index (χ0n) is 9.65. The van der Waals surface area contributed by atoms with Crippen LogP contribution < -0.4 is 5.32 Å². The third-order valence-corrected chi connectivity index (χ3v) is 3.22. The topological polar surface area (TPSA) is 32.3 Å². The van der Waals surface area contributed by atoms with E-state index in [1.54, 1.807) is 0 Å². The standard InChI is InChI=1S/C12H15BrN2O.ClH/c1-9-8-15(6-5-14-9)12(16)10-3-2-4-11(13)7-10;/h2-4,7,9,14H,5-6,8H2,1H3;1H/t9-;/m1./s1. The minimum Gasteiger partial charge on any atom is -0.336 e. The number of halogens is 2. The Morgan fingerprint density at radius 1 is 1.53 bits per heavy atom. The van der Waals surface area contributed by atoms with Crippen LogP contribution in [0.2, 0.25) is 0 Å². The summed E-state index contributed by atoms with van der Waals surface area (Å²) < 4.78 is 0.946. The minimum absolute atomic E-state index is 0. The molecule has 0 saturated carbocycles. The third-order valence-electron chi connectivity index (χ3n) is 2.73. The molecule has 0 radical (unpaired) electrons. The van der Waals surface area contributed by atoms with Gasteiger partial charge in [0.2, 0.25) is 0 Å². The van der Waals surface area contributed by atoms with Gasteiger partial charge in [-0.3, -0.25) is 4.79 Å². The van der Waals surface area contributed by atoms with Crippen molar-refractivity contribution in [3.8, 4) is 0 Å². The van der Waals surface area contributed by atoms with Gasteiger partial charge in [0.15, 0.2) is 0 Å². The van der Waals surface area contributed by atoms with Crippen molar-refractivity contribution in [1.29, 1.82) is 0 Å². The molecule has 0 aliphatic carbocycles. The van der Waals surface area contributed by atoms with Gasteiger partial charge in [-0.1, -0.05) is 22.0 Å². The van der Waals surface area contributed by atoms with Crippen LogP contribution in [0.1, 0.15) is 17.3 Å². The minimum atomic E-state index is 0. The molecule has 1 aliphatic rings. The highest BCUT2D eigenvalue weighted by Crippen LogP contribution is 2.14. The smallest absolute Gasteiger partial charge is 0.253 e. The van der Waals surface area contributed by atoms with Crippen LogP contribution in [-0.4, -0.2) is 36.5 Å². The lowest BCUT2D eigenvalue weighted by Crippen LogP contribution is -2.51. The maximum atomic E-state index is 12.2. The molecule has 0 bridgehead atoms. The molecule has 1 N–H and O–H groups in total. The average Bonchev–Trinajstić information content (AvgIpc) is 2.28. The third kappa shape index (κ3) is 3.69. The number of piperazine rings is 1. The number of hydrogen-bond acceptors (Lipinski definition) is 2. The molecular weight excluding hydrogens is 304 g/mol. The molecule has 1 aliphatic heterocycles. The first-order chi connectivity index (χ1) is 7.66. The van der Waals surface area contributed by atoms with Crippen LogP contribution >= 0.6 is 28.3 Å².